The molecule has 3 heteroatoms. The number of benzene rings is 2. The lowest BCUT2D eigenvalue weighted by atomic mass is 10.2. The average Bonchev–Trinajstić information content (AvgIpc) is 2.40. The first-order chi connectivity index (χ1) is 8.70. The predicted molar refractivity (Wildman–Crippen MR) is 75.2 cm³/mol. The number of anilines is 3. The number of para-hydroxylation sites is 2. The summed E-state index contributed by atoms with van der Waals surface area (Å²) in [7, 11) is 4.03. The molecule has 0 saturated heterocycles. The van der Waals surface area contributed by atoms with Gasteiger partial charge in [0, 0.05) is 19.8 Å². The van der Waals surface area contributed by atoms with Crippen molar-refractivity contribution in [3.05, 3.63) is 54.1 Å². The molecule has 90 valence electrons. The molecule has 2 aromatic carbocycles. The van der Waals surface area contributed by atoms with Gasteiger partial charge in [0.15, 0.2) is 0 Å². The zero-order chi connectivity index (χ0) is 13.0. The monoisotopic (exact) mass is 237 g/mol. The molecule has 2 aromatic rings. The van der Waals surface area contributed by atoms with Crippen molar-refractivity contribution in [3.63, 3.8) is 0 Å². The van der Waals surface area contributed by atoms with E-state index in [2.05, 4.69) is 22.4 Å². The first kappa shape index (κ1) is 12.0. The van der Waals surface area contributed by atoms with Crippen LogP contribution in [-0.4, -0.2) is 14.1 Å². The summed E-state index contributed by atoms with van der Waals surface area (Å²) in [4.78, 5) is 2.06. The van der Waals surface area contributed by atoms with Crippen molar-refractivity contribution in [2.24, 2.45) is 0 Å². The lowest BCUT2D eigenvalue weighted by Gasteiger charge is -2.18. The third kappa shape index (κ3) is 2.61. The molecule has 18 heavy (non-hydrogen) atoms. The van der Waals surface area contributed by atoms with Gasteiger partial charge in [-0.2, -0.15) is 5.26 Å². The maximum Gasteiger partial charge on any atom is 0.0991 e. The van der Waals surface area contributed by atoms with Crippen molar-refractivity contribution in [2.75, 3.05) is 24.3 Å². The fourth-order valence-electron chi connectivity index (χ4n) is 1.75. The summed E-state index contributed by atoms with van der Waals surface area (Å²) in [6.07, 6.45) is 0. The molecule has 0 aromatic heterocycles. The van der Waals surface area contributed by atoms with Gasteiger partial charge in [-0.05, 0) is 36.4 Å². The van der Waals surface area contributed by atoms with E-state index in [0.29, 0.717) is 5.56 Å². The molecule has 0 radical (unpaired) electrons. The quantitative estimate of drug-likeness (QED) is 0.889. The fraction of sp³-hybridized carbons (Fsp3) is 0.133. The van der Waals surface area contributed by atoms with Crippen LogP contribution in [0.15, 0.2) is 48.5 Å². The summed E-state index contributed by atoms with van der Waals surface area (Å²) >= 11 is 0. The van der Waals surface area contributed by atoms with Crippen molar-refractivity contribution in [1.29, 1.82) is 5.26 Å². The average molecular weight is 237 g/mol. The van der Waals surface area contributed by atoms with Crippen molar-refractivity contribution in [2.45, 2.75) is 0 Å². The maximum atomic E-state index is 8.76. The third-order valence-electron chi connectivity index (χ3n) is 2.68. The molecule has 3 nitrogen and oxygen atoms in total. The molecule has 0 spiro atoms. The SMILES string of the molecule is CN(C)c1ccccc1Nc1ccc(C#N)cc1. The highest BCUT2D eigenvalue weighted by Gasteiger charge is 2.03. The van der Waals surface area contributed by atoms with Gasteiger partial charge in [0.05, 0.1) is 23.0 Å². The third-order valence-corrected chi connectivity index (χ3v) is 2.68. The number of nitrogens with zero attached hydrogens (tertiary/aromatic N) is 2. The van der Waals surface area contributed by atoms with Crippen molar-refractivity contribution in [3.8, 4) is 6.07 Å². The Balaban J connectivity index is 2.26. The molecule has 1 N–H and O–H groups in total. The van der Waals surface area contributed by atoms with Gasteiger partial charge in [-0.3, -0.25) is 0 Å². The van der Waals surface area contributed by atoms with Gasteiger partial charge in [0.2, 0.25) is 0 Å². The van der Waals surface area contributed by atoms with Gasteiger partial charge >= 0.3 is 0 Å². The topological polar surface area (TPSA) is 39.1 Å². The van der Waals surface area contributed by atoms with E-state index < -0.39 is 0 Å². The van der Waals surface area contributed by atoms with E-state index in [-0.39, 0.29) is 0 Å². The van der Waals surface area contributed by atoms with Crippen LogP contribution in [0, 0.1) is 11.3 Å². The minimum Gasteiger partial charge on any atom is -0.376 e. The molecule has 0 bridgehead atoms. The summed E-state index contributed by atoms with van der Waals surface area (Å²) in [6, 6.07) is 17.6. The van der Waals surface area contributed by atoms with Crippen molar-refractivity contribution in [1.82, 2.24) is 0 Å². The summed E-state index contributed by atoms with van der Waals surface area (Å²) < 4.78 is 0. The fourth-order valence-corrected chi connectivity index (χ4v) is 1.75. The van der Waals surface area contributed by atoms with E-state index in [9.17, 15) is 0 Å². The Morgan fingerprint density at radius 3 is 2.28 bits per heavy atom. The summed E-state index contributed by atoms with van der Waals surface area (Å²) in [5.41, 5.74) is 3.82. The molecule has 0 aliphatic rings. The molecule has 2 rings (SSSR count). The molecule has 0 heterocycles. The highest BCUT2D eigenvalue weighted by molar-refractivity contribution is 5.74. The van der Waals surface area contributed by atoms with Crippen molar-refractivity contribution < 1.29 is 0 Å². The van der Waals surface area contributed by atoms with Gasteiger partial charge < -0.3 is 10.2 Å². The van der Waals surface area contributed by atoms with E-state index in [0.717, 1.165) is 17.1 Å². The first-order valence-corrected chi connectivity index (χ1v) is 5.74. The molecule has 0 aliphatic carbocycles. The van der Waals surface area contributed by atoms with Crippen LogP contribution >= 0.6 is 0 Å². The van der Waals surface area contributed by atoms with E-state index in [1.807, 2.05) is 44.4 Å². The lowest BCUT2D eigenvalue weighted by molar-refractivity contribution is 1.13. The minimum absolute atomic E-state index is 0.668. The van der Waals surface area contributed by atoms with E-state index in [1.54, 1.807) is 12.1 Å². The summed E-state index contributed by atoms with van der Waals surface area (Å²) in [6.45, 7) is 0. The van der Waals surface area contributed by atoms with Crippen LogP contribution in [0.3, 0.4) is 0 Å². The predicted octanol–water partition coefficient (Wildman–Crippen LogP) is 3.37. The van der Waals surface area contributed by atoms with Crippen LogP contribution in [0.25, 0.3) is 0 Å². The van der Waals surface area contributed by atoms with E-state index in [4.69, 9.17) is 5.26 Å². The first-order valence-electron chi connectivity index (χ1n) is 5.74. The second kappa shape index (κ2) is 5.24. The van der Waals surface area contributed by atoms with Crippen LogP contribution in [0.4, 0.5) is 17.1 Å². The van der Waals surface area contributed by atoms with E-state index in [1.165, 1.54) is 0 Å². The molecule has 0 aliphatic heterocycles. The van der Waals surface area contributed by atoms with Crippen LogP contribution in [0.2, 0.25) is 0 Å². The smallest absolute Gasteiger partial charge is 0.0991 e. The van der Waals surface area contributed by atoms with Crippen molar-refractivity contribution >= 4 is 17.1 Å². The Bertz CT molecular complexity index is 565. The van der Waals surface area contributed by atoms with Crippen LogP contribution in [0.5, 0.6) is 0 Å². The van der Waals surface area contributed by atoms with Gasteiger partial charge in [0.1, 0.15) is 0 Å². The zero-order valence-electron chi connectivity index (χ0n) is 10.5. The molecule has 0 atom stereocenters. The Hall–Kier alpha value is -2.47. The maximum absolute atomic E-state index is 8.76. The Kier molecular flexibility index (Phi) is 3.49. The summed E-state index contributed by atoms with van der Waals surface area (Å²) in [5, 5.41) is 12.1. The minimum atomic E-state index is 0.668. The Labute approximate surface area is 107 Å². The van der Waals surface area contributed by atoms with E-state index >= 15 is 0 Å². The van der Waals surface area contributed by atoms with Crippen LogP contribution in [-0.2, 0) is 0 Å². The largest absolute Gasteiger partial charge is 0.376 e. The molecular weight excluding hydrogens is 222 g/mol. The molecule has 0 unspecified atom stereocenters. The van der Waals surface area contributed by atoms with Crippen LogP contribution in [0.1, 0.15) is 5.56 Å². The number of nitrogens with one attached hydrogen (secondary N) is 1. The van der Waals surface area contributed by atoms with Gasteiger partial charge in [-0.1, -0.05) is 12.1 Å². The van der Waals surface area contributed by atoms with Gasteiger partial charge in [0.25, 0.3) is 0 Å². The molecular formula is C15H15N3. The second-order valence-electron chi connectivity index (χ2n) is 4.23. The number of nitriles is 1. The summed E-state index contributed by atoms with van der Waals surface area (Å²) in [5.74, 6) is 0. The Morgan fingerprint density at radius 2 is 1.67 bits per heavy atom. The van der Waals surface area contributed by atoms with Crippen LogP contribution < -0.4 is 10.2 Å². The normalized spacial score (nSPS) is 9.61. The number of hydrogen-bond acceptors (Lipinski definition) is 3. The highest BCUT2D eigenvalue weighted by atomic mass is 15.1. The Morgan fingerprint density at radius 1 is 1.00 bits per heavy atom. The lowest BCUT2D eigenvalue weighted by Crippen LogP contribution is -2.10. The van der Waals surface area contributed by atoms with Gasteiger partial charge in [-0.15, -0.1) is 0 Å². The standard InChI is InChI=1S/C15H15N3/c1-18(2)15-6-4-3-5-14(15)17-13-9-7-12(11-16)8-10-13/h3-10,17H,1-2H3. The van der Waals surface area contributed by atoms with Gasteiger partial charge in [-0.25, -0.2) is 0 Å². The second-order valence-corrected chi connectivity index (χ2v) is 4.23. The number of rotatable bonds is 3. The molecule has 0 fully saturated rings. The molecule has 0 saturated carbocycles. The highest BCUT2D eigenvalue weighted by Crippen LogP contribution is 2.27. The molecule has 0 amide bonds. The number of hydrogen-bond donors (Lipinski definition) is 1. The zero-order valence-corrected chi connectivity index (χ0v) is 10.5.